The molecule has 0 bridgehead atoms. The van der Waals surface area contributed by atoms with Crippen molar-refractivity contribution in [1.82, 2.24) is 0 Å². The maximum absolute atomic E-state index is 2.34. The van der Waals surface area contributed by atoms with Crippen molar-refractivity contribution in [3.05, 3.63) is 11.6 Å². The average molecular weight is 182 g/mol. The molecule has 0 saturated carbocycles. The van der Waals surface area contributed by atoms with Crippen LogP contribution in [0.5, 0.6) is 0 Å². The fourth-order valence-corrected chi connectivity index (χ4v) is 1.57. The molecule has 0 aliphatic carbocycles. The first-order valence-corrected chi connectivity index (χ1v) is 5.85. The lowest BCUT2D eigenvalue weighted by atomic mass is 9.95. The first-order chi connectivity index (χ1) is 6.22. The average Bonchev–Trinajstić information content (AvgIpc) is 2.16. The largest absolute Gasteiger partial charge is 0.0885 e. The summed E-state index contributed by atoms with van der Waals surface area (Å²) in [6.07, 6.45) is 10.6. The Labute approximate surface area is 84.4 Å². The minimum atomic E-state index is 0.798. The number of rotatable bonds is 7. The topological polar surface area (TPSA) is 0 Å². The Morgan fingerprint density at radius 1 is 1.15 bits per heavy atom. The summed E-state index contributed by atoms with van der Waals surface area (Å²) in [5.74, 6) is 0.798. The fourth-order valence-electron chi connectivity index (χ4n) is 1.57. The van der Waals surface area contributed by atoms with Gasteiger partial charge in [0.25, 0.3) is 0 Å². The van der Waals surface area contributed by atoms with Gasteiger partial charge >= 0.3 is 0 Å². The predicted molar refractivity (Wildman–Crippen MR) is 62.0 cm³/mol. The molecule has 0 rings (SSSR count). The van der Waals surface area contributed by atoms with Crippen LogP contribution in [0.25, 0.3) is 0 Å². The van der Waals surface area contributed by atoms with Crippen LogP contribution in [0, 0.1) is 5.92 Å². The Bertz CT molecular complexity index is 133. The molecule has 0 heteroatoms. The smallest absolute Gasteiger partial charge is 0.0235 e. The summed E-state index contributed by atoms with van der Waals surface area (Å²) in [6.45, 7) is 9.00. The third-order valence-corrected chi connectivity index (χ3v) is 2.97. The SMILES string of the molecule is CC=C(C)C(C)CCCCCCC. The highest BCUT2D eigenvalue weighted by atomic mass is 14.1. The molecule has 0 radical (unpaired) electrons. The summed E-state index contributed by atoms with van der Waals surface area (Å²) in [6, 6.07) is 0. The molecule has 0 heterocycles. The second kappa shape index (κ2) is 8.34. The zero-order valence-corrected chi connectivity index (χ0v) is 9.90. The maximum Gasteiger partial charge on any atom is -0.0235 e. The van der Waals surface area contributed by atoms with E-state index in [9.17, 15) is 0 Å². The molecule has 0 nitrogen and oxygen atoms in total. The molecule has 0 aromatic carbocycles. The van der Waals surface area contributed by atoms with Crippen LogP contribution in [0.2, 0.25) is 0 Å². The summed E-state index contributed by atoms with van der Waals surface area (Å²) < 4.78 is 0. The lowest BCUT2D eigenvalue weighted by molar-refractivity contribution is 0.534. The highest BCUT2D eigenvalue weighted by Gasteiger charge is 2.02. The van der Waals surface area contributed by atoms with Crippen LogP contribution in [0.3, 0.4) is 0 Å². The van der Waals surface area contributed by atoms with Crippen LogP contribution in [0.15, 0.2) is 11.6 Å². The minimum absolute atomic E-state index is 0.798. The van der Waals surface area contributed by atoms with Crippen LogP contribution in [0.4, 0.5) is 0 Å². The van der Waals surface area contributed by atoms with Crippen molar-refractivity contribution in [2.24, 2.45) is 5.92 Å². The molecule has 1 unspecified atom stereocenters. The van der Waals surface area contributed by atoms with Gasteiger partial charge in [-0.3, -0.25) is 0 Å². The zero-order chi connectivity index (χ0) is 10.1. The van der Waals surface area contributed by atoms with Gasteiger partial charge in [-0.2, -0.15) is 0 Å². The molecule has 0 aliphatic heterocycles. The predicted octanol–water partition coefficient (Wildman–Crippen LogP) is 4.95. The number of allylic oxidation sites excluding steroid dienone is 2. The van der Waals surface area contributed by atoms with E-state index in [0.29, 0.717) is 0 Å². The number of hydrogen-bond acceptors (Lipinski definition) is 0. The molecule has 0 N–H and O–H groups in total. The molecule has 0 spiro atoms. The van der Waals surface area contributed by atoms with Gasteiger partial charge in [0.05, 0.1) is 0 Å². The molecule has 1 atom stereocenters. The van der Waals surface area contributed by atoms with E-state index < -0.39 is 0 Å². The first kappa shape index (κ1) is 12.7. The fraction of sp³-hybridized carbons (Fsp3) is 0.846. The molecule has 0 amide bonds. The second-order valence-corrected chi connectivity index (χ2v) is 4.14. The van der Waals surface area contributed by atoms with Gasteiger partial charge in [-0.1, -0.05) is 57.6 Å². The molecule has 0 aromatic rings. The van der Waals surface area contributed by atoms with Crippen molar-refractivity contribution in [3.8, 4) is 0 Å². The highest BCUT2D eigenvalue weighted by Crippen LogP contribution is 2.17. The Morgan fingerprint density at radius 3 is 2.31 bits per heavy atom. The lowest BCUT2D eigenvalue weighted by Gasteiger charge is -2.11. The first-order valence-electron chi connectivity index (χ1n) is 5.85. The van der Waals surface area contributed by atoms with Crippen LogP contribution in [-0.2, 0) is 0 Å². The molecule has 0 aliphatic rings. The molecule has 13 heavy (non-hydrogen) atoms. The number of unbranched alkanes of at least 4 members (excludes halogenated alkanes) is 4. The van der Waals surface area contributed by atoms with Crippen molar-refractivity contribution in [2.45, 2.75) is 66.2 Å². The quantitative estimate of drug-likeness (QED) is 0.386. The second-order valence-electron chi connectivity index (χ2n) is 4.14. The maximum atomic E-state index is 2.34. The highest BCUT2D eigenvalue weighted by molar-refractivity contribution is 4.99. The van der Waals surface area contributed by atoms with E-state index in [4.69, 9.17) is 0 Å². The van der Waals surface area contributed by atoms with Crippen molar-refractivity contribution in [1.29, 1.82) is 0 Å². The summed E-state index contributed by atoms with van der Waals surface area (Å²) in [5, 5.41) is 0. The number of hydrogen-bond donors (Lipinski definition) is 0. The van der Waals surface area contributed by atoms with E-state index in [-0.39, 0.29) is 0 Å². The van der Waals surface area contributed by atoms with Crippen molar-refractivity contribution >= 4 is 0 Å². The Hall–Kier alpha value is -0.260. The van der Waals surface area contributed by atoms with Gasteiger partial charge in [0.1, 0.15) is 0 Å². The van der Waals surface area contributed by atoms with Gasteiger partial charge in [0.2, 0.25) is 0 Å². The molecule has 0 aromatic heterocycles. The summed E-state index contributed by atoms with van der Waals surface area (Å²) in [5.41, 5.74) is 1.55. The van der Waals surface area contributed by atoms with E-state index in [2.05, 4.69) is 33.8 Å². The molecule has 0 saturated heterocycles. The Morgan fingerprint density at radius 2 is 1.77 bits per heavy atom. The van der Waals surface area contributed by atoms with Crippen molar-refractivity contribution in [2.75, 3.05) is 0 Å². The molecule has 0 fully saturated rings. The summed E-state index contributed by atoms with van der Waals surface area (Å²) >= 11 is 0. The summed E-state index contributed by atoms with van der Waals surface area (Å²) in [4.78, 5) is 0. The van der Waals surface area contributed by atoms with Crippen molar-refractivity contribution in [3.63, 3.8) is 0 Å². The van der Waals surface area contributed by atoms with Gasteiger partial charge < -0.3 is 0 Å². The third kappa shape index (κ3) is 6.86. The van der Waals surface area contributed by atoms with Crippen LogP contribution in [0.1, 0.15) is 66.2 Å². The molecule has 78 valence electrons. The van der Waals surface area contributed by atoms with E-state index in [1.165, 1.54) is 38.5 Å². The monoisotopic (exact) mass is 182 g/mol. The molecular weight excluding hydrogens is 156 g/mol. The van der Waals surface area contributed by atoms with E-state index in [1.807, 2.05) is 0 Å². The van der Waals surface area contributed by atoms with Gasteiger partial charge in [0.15, 0.2) is 0 Å². The van der Waals surface area contributed by atoms with E-state index in [0.717, 1.165) is 5.92 Å². The van der Waals surface area contributed by atoms with Crippen LogP contribution >= 0.6 is 0 Å². The van der Waals surface area contributed by atoms with Gasteiger partial charge in [-0.05, 0) is 26.2 Å². The molecular formula is C13H26. The zero-order valence-electron chi connectivity index (χ0n) is 9.90. The standard InChI is InChI=1S/C13H26/c1-5-7-8-9-10-11-13(4)12(3)6-2/h6,13H,5,7-11H2,1-4H3. The Balaban J connectivity index is 3.32. The lowest BCUT2D eigenvalue weighted by Crippen LogP contribution is -1.95. The third-order valence-electron chi connectivity index (χ3n) is 2.97. The minimum Gasteiger partial charge on any atom is -0.0885 e. The van der Waals surface area contributed by atoms with E-state index >= 15 is 0 Å². The van der Waals surface area contributed by atoms with Gasteiger partial charge in [-0.25, -0.2) is 0 Å². The van der Waals surface area contributed by atoms with Gasteiger partial charge in [0, 0.05) is 0 Å². The van der Waals surface area contributed by atoms with Crippen molar-refractivity contribution < 1.29 is 0 Å². The normalized spacial score (nSPS) is 14.6. The van der Waals surface area contributed by atoms with Gasteiger partial charge in [-0.15, -0.1) is 0 Å². The van der Waals surface area contributed by atoms with Crippen LogP contribution in [-0.4, -0.2) is 0 Å². The Kier molecular flexibility index (Phi) is 8.18. The van der Waals surface area contributed by atoms with Crippen LogP contribution < -0.4 is 0 Å². The summed E-state index contributed by atoms with van der Waals surface area (Å²) in [7, 11) is 0. The van der Waals surface area contributed by atoms with E-state index in [1.54, 1.807) is 5.57 Å².